The van der Waals surface area contributed by atoms with Crippen LogP contribution in [0.15, 0.2) is 57.7 Å². The molecule has 0 bridgehead atoms. The molecule has 1 aliphatic carbocycles. The fourth-order valence-electron chi connectivity index (χ4n) is 4.43. The minimum absolute atomic E-state index is 0.372. The second-order valence-electron chi connectivity index (χ2n) is 7.85. The van der Waals surface area contributed by atoms with E-state index >= 15 is 0 Å². The van der Waals surface area contributed by atoms with Gasteiger partial charge in [-0.1, -0.05) is 36.4 Å². The van der Waals surface area contributed by atoms with E-state index in [1.807, 2.05) is 12.1 Å². The number of hydrogen-bond donors (Lipinski definition) is 1. The second kappa shape index (κ2) is 8.13. The third-order valence-electron chi connectivity index (χ3n) is 6.06. The van der Waals surface area contributed by atoms with Gasteiger partial charge in [0, 0.05) is 6.04 Å². The van der Waals surface area contributed by atoms with E-state index in [2.05, 4.69) is 53.3 Å². The number of nitrogens with one attached hydrogen (secondary N) is 1. The van der Waals surface area contributed by atoms with Gasteiger partial charge in [-0.25, -0.2) is 4.79 Å². The number of oxazole rings is 1. The molecule has 1 heterocycles. The van der Waals surface area contributed by atoms with Crippen LogP contribution >= 0.6 is 0 Å². The summed E-state index contributed by atoms with van der Waals surface area (Å²) >= 11 is 0. The first-order valence-electron chi connectivity index (χ1n) is 10.1. The Hall–Kier alpha value is -2.33. The van der Waals surface area contributed by atoms with E-state index in [4.69, 9.17) is 4.42 Å². The number of benzene rings is 2. The van der Waals surface area contributed by atoms with Crippen LogP contribution in [0.1, 0.15) is 49.1 Å². The van der Waals surface area contributed by atoms with Crippen LogP contribution in [-0.4, -0.2) is 29.5 Å². The summed E-state index contributed by atoms with van der Waals surface area (Å²) in [6, 6.07) is 17.6. The fraction of sp³-hybridized carbons (Fsp3) is 0.435. The van der Waals surface area contributed by atoms with Crippen LogP contribution in [0.2, 0.25) is 0 Å². The Morgan fingerprint density at radius 3 is 2.63 bits per heavy atom. The molecule has 142 valence electrons. The monoisotopic (exact) mass is 364 g/mol. The van der Waals surface area contributed by atoms with E-state index in [9.17, 15) is 4.79 Å². The third-order valence-corrected chi connectivity index (χ3v) is 6.06. The van der Waals surface area contributed by atoms with Crippen LogP contribution < -0.4 is 5.76 Å². The van der Waals surface area contributed by atoms with Crippen LogP contribution in [0, 0.1) is 0 Å². The summed E-state index contributed by atoms with van der Waals surface area (Å²) in [4.78, 5) is 16.6. The van der Waals surface area contributed by atoms with Gasteiger partial charge in [0.15, 0.2) is 5.58 Å². The van der Waals surface area contributed by atoms with Crippen molar-refractivity contribution in [1.82, 2.24) is 9.88 Å². The largest absolute Gasteiger partial charge is 0.417 e. The standard InChI is InChI=1S/C23H28N2O2/c1-25(15-5-8-17-6-3-2-4-7-17)20-12-9-18(10-13-20)19-11-14-21-22(16-19)27-23(26)24-21/h2-4,6-7,11,14,16,18,20H,5,8-10,12-13,15H2,1H3,(H,24,26). The Morgan fingerprint density at radius 1 is 1.07 bits per heavy atom. The molecule has 1 fully saturated rings. The molecule has 2 aromatic carbocycles. The maximum atomic E-state index is 11.3. The molecule has 0 unspecified atom stereocenters. The highest BCUT2D eigenvalue weighted by Gasteiger charge is 2.25. The van der Waals surface area contributed by atoms with Crippen molar-refractivity contribution in [1.29, 1.82) is 0 Å². The van der Waals surface area contributed by atoms with Crippen LogP contribution in [0.3, 0.4) is 0 Å². The molecule has 1 saturated carbocycles. The van der Waals surface area contributed by atoms with Gasteiger partial charge in [-0.15, -0.1) is 0 Å². The molecule has 0 amide bonds. The topological polar surface area (TPSA) is 49.2 Å². The van der Waals surface area contributed by atoms with E-state index in [1.54, 1.807) is 0 Å². The molecule has 4 nitrogen and oxygen atoms in total. The van der Waals surface area contributed by atoms with Gasteiger partial charge in [-0.2, -0.15) is 0 Å². The molecular formula is C23H28N2O2. The zero-order chi connectivity index (χ0) is 18.6. The number of nitrogens with zero attached hydrogens (tertiary/aromatic N) is 1. The van der Waals surface area contributed by atoms with Gasteiger partial charge in [0.2, 0.25) is 0 Å². The second-order valence-corrected chi connectivity index (χ2v) is 7.85. The maximum absolute atomic E-state index is 11.3. The van der Waals surface area contributed by atoms with Crippen molar-refractivity contribution in [2.75, 3.05) is 13.6 Å². The minimum atomic E-state index is -0.372. The Bertz CT molecular complexity index is 920. The number of aromatic amines is 1. The van der Waals surface area contributed by atoms with Gasteiger partial charge in [-0.3, -0.25) is 4.98 Å². The molecule has 1 N–H and O–H groups in total. The van der Waals surface area contributed by atoms with E-state index in [0.29, 0.717) is 17.5 Å². The van der Waals surface area contributed by atoms with Crippen LogP contribution in [0.4, 0.5) is 0 Å². The molecule has 0 spiro atoms. The molecule has 0 atom stereocenters. The maximum Gasteiger partial charge on any atom is 0.417 e. The van der Waals surface area contributed by atoms with Crippen molar-refractivity contribution in [3.8, 4) is 0 Å². The molecule has 0 radical (unpaired) electrons. The lowest BCUT2D eigenvalue weighted by atomic mass is 9.81. The number of fused-ring (bicyclic) bond motifs is 1. The van der Waals surface area contributed by atoms with E-state index in [0.717, 1.165) is 18.5 Å². The van der Waals surface area contributed by atoms with Crippen molar-refractivity contribution < 1.29 is 4.42 Å². The van der Waals surface area contributed by atoms with Gasteiger partial charge < -0.3 is 9.32 Å². The minimum Gasteiger partial charge on any atom is -0.408 e. The number of aryl methyl sites for hydroxylation is 1. The molecule has 27 heavy (non-hydrogen) atoms. The zero-order valence-corrected chi connectivity index (χ0v) is 16.0. The summed E-state index contributed by atoms with van der Waals surface area (Å²) in [6.07, 6.45) is 7.25. The predicted molar refractivity (Wildman–Crippen MR) is 109 cm³/mol. The molecule has 0 saturated heterocycles. The van der Waals surface area contributed by atoms with Crippen LogP contribution in [0.25, 0.3) is 11.1 Å². The first-order chi connectivity index (χ1) is 13.2. The quantitative estimate of drug-likeness (QED) is 0.689. The van der Waals surface area contributed by atoms with E-state index < -0.39 is 0 Å². The first-order valence-corrected chi connectivity index (χ1v) is 10.1. The molecule has 4 heteroatoms. The van der Waals surface area contributed by atoms with Gasteiger partial charge in [-0.05, 0) is 81.3 Å². The van der Waals surface area contributed by atoms with Gasteiger partial charge in [0.25, 0.3) is 0 Å². The van der Waals surface area contributed by atoms with Crippen molar-refractivity contribution in [3.05, 3.63) is 70.2 Å². The lowest BCUT2D eigenvalue weighted by molar-refractivity contribution is 0.181. The third kappa shape index (κ3) is 4.33. The number of hydrogen-bond acceptors (Lipinski definition) is 3. The molecule has 0 aliphatic heterocycles. The highest BCUT2D eigenvalue weighted by atomic mass is 16.4. The van der Waals surface area contributed by atoms with Crippen molar-refractivity contribution in [2.45, 2.75) is 50.5 Å². The Kier molecular flexibility index (Phi) is 5.44. The lowest BCUT2D eigenvalue weighted by Crippen LogP contribution is -2.35. The summed E-state index contributed by atoms with van der Waals surface area (Å²) in [6.45, 7) is 1.16. The Labute approximate surface area is 160 Å². The summed E-state index contributed by atoms with van der Waals surface area (Å²) in [7, 11) is 2.27. The molecule has 4 rings (SSSR count). The van der Waals surface area contributed by atoms with Crippen LogP contribution in [0.5, 0.6) is 0 Å². The van der Waals surface area contributed by atoms with Crippen molar-refractivity contribution in [2.24, 2.45) is 0 Å². The van der Waals surface area contributed by atoms with Gasteiger partial charge >= 0.3 is 5.76 Å². The first kappa shape index (κ1) is 18.1. The van der Waals surface area contributed by atoms with Gasteiger partial charge in [0.1, 0.15) is 0 Å². The zero-order valence-electron chi connectivity index (χ0n) is 16.0. The number of rotatable bonds is 6. The summed E-state index contributed by atoms with van der Waals surface area (Å²) in [5.74, 6) is 0.201. The lowest BCUT2D eigenvalue weighted by Gasteiger charge is -2.35. The summed E-state index contributed by atoms with van der Waals surface area (Å²) in [5, 5.41) is 0. The number of aromatic nitrogens is 1. The Balaban J connectivity index is 1.28. The fourth-order valence-corrected chi connectivity index (χ4v) is 4.43. The van der Waals surface area contributed by atoms with E-state index in [-0.39, 0.29) is 5.76 Å². The average molecular weight is 364 g/mol. The molecule has 3 aromatic rings. The van der Waals surface area contributed by atoms with E-state index in [1.165, 1.54) is 43.2 Å². The summed E-state index contributed by atoms with van der Waals surface area (Å²) in [5.41, 5.74) is 4.20. The Morgan fingerprint density at radius 2 is 1.85 bits per heavy atom. The average Bonchev–Trinajstić information content (AvgIpc) is 3.08. The van der Waals surface area contributed by atoms with Crippen molar-refractivity contribution >= 4 is 11.1 Å². The summed E-state index contributed by atoms with van der Waals surface area (Å²) < 4.78 is 5.22. The predicted octanol–water partition coefficient (Wildman–Crippen LogP) is 4.71. The van der Waals surface area contributed by atoms with Crippen molar-refractivity contribution in [3.63, 3.8) is 0 Å². The smallest absolute Gasteiger partial charge is 0.408 e. The SMILES string of the molecule is CN(CCCc1ccccc1)C1CCC(c2ccc3[nH]c(=O)oc3c2)CC1. The highest BCUT2D eigenvalue weighted by Crippen LogP contribution is 2.35. The highest BCUT2D eigenvalue weighted by molar-refractivity contribution is 5.72. The molecular weight excluding hydrogens is 336 g/mol. The van der Waals surface area contributed by atoms with Crippen LogP contribution in [-0.2, 0) is 6.42 Å². The van der Waals surface area contributed by atoms with Gasteiger partial charge in [0.05, 0.1) is 5.52 Å². The molecule has 1 aromatic heterocycles. The number of H-pyrrole nitrogens is 1. The normalized spacial score (nSPS) is 20.4. The molecule has 1 aliphatic rings.